The first-order valence-corrected chi connectivity index (χ1v) is 7.12. The van der Waals surface area contributed by atoms with E-state index in [0.29, 0.717) is 5.92 Å². The third kappa shape index (κ3) is 2.68. The highest BCUT2D eigenvalue weighted by Crippen LogP contribution is 2.40. The lowest BCUT2D eigenvalue weighted by atomic mass is 9.72. The van der Waals surface area contributed by atoms with Gasteiger partial charge in [-0.3, -0.25) is 0 Å². The summed E-state index contributed by atoms with van der Waals surface area (Å²) in [5, 5.41) is 22.5. The molecule has 2 rings (SSSR count). The second kappa shape index (κ2) is 5.84. The molecule has 1 aromatic heterocycles. The fourth-order valence-electron chi connectivity index (χ4n) is 2.88. The molecule has 1 saturated carbocycles. The average molecular weight is 244 g/mol. The van der Waals surface area contributed by atoms with E-state index < -0.39 is 5.92 Å². The van der Waals surface area contributed by atoms with Crippen molar-refractivity contribution in [1.29, 1.82) is 10.5 Å². The molecule has 0 amide bonds. The molecular weight excluding hydrogens is 228 g/mol. The zero-order chi connectivity index (χ0) is 12.1. The summed E-state index contributed by atoms with van der Waals surface area (Å²) < 4.78 is 0. The van der Waals surface area contributed by atoms with E-state index in [4.69, 9.17) is 10.5 Å². The van der Waals surface area contributed by atoms with Crippen LogP contribution in [0.1, 0.15) is 43.6 Å². The van der Waals surface area contributed by atoms with E-state index in [1.807, 2.05) is 5.38 Å². The molecule has 0 bridgehead atoms. The largest absolute Gasteiger partial charge is 0.197 e. The van der Waals surface area contributed by atoms with Crippen LogP contribution in [-0.4, -0.2) is 0 Å². The van der Waals surface area contributed by atoms with Crippen molar-refractivity contribution in [2.45, 2.75) is 38.0 Å². The quantitative estimate of drug-likeness (QED) is 0.804. The smallest absolute Gasteiger partial charge is 0.140 e. The molecule has 1 aliphatic rings. The van der Waals surface area contributed by atoms with Gasteiger partial charge in [-0.1, -0.05) is 19.3 Å². The Bertz CT molecular complexity index is 404. The number of nitrogens with zero attached hydrogens (tertiary/aromatic N) is 2. The van der Waals surface area contributed by atoms with Gasteiger partial charge < -0.3 is 0 Å². The van der Waals surface area contributed by atoms with Crippen molar-refractivity contribution in [2.75, 3.05) is 0 Å². The lowest BCUT2D eigenvalue weighted by molar-refractivity contribution is 0.287. The SMILES string of the molecule is N#CC(C#N)[C@H](c1ccsc1)C1CCCCC1. The van der Waals surface area contributed by atoms with Crippen molar-refractivity contribution in [3.8, 4) is 12.1 Å². The van der Waals surface area contributed by atoms with E-state index in [1.54, 1.807) is 11.3 Å². The molecule has 1 aromatic rings. The van der Waals surface area contributed by atoms with Gasteiger partial charge in [0.1, 0.15) is 5.92 Å². The van der Waals surface area contributed by atoms with Crippen LogP contribution in [-0.2, 0) is 0 Å². The fraction of sp³-hybridized carbons (Fsp3) is 0.571. The zero-order valence-electron chi connectivity index (χ0n) is 9.80. The lowest BCUT2D eigenvalue weighted by Crippen LogP contribution is -2.22. The van der Waals surface area contributed by atoms with Crippen molar-refractivity contribution < 1.29 is 0 Å². The van der Waals surface area contributed by atoms with Gasteiger partial charge >= 0.3 is 0 Å². The second-order valence-corrected chi connectivity index (χ2v) is 5.50. The summed E-state index contributed by atoms with van der Waals surface area (Å²) in [6.07, 6.45) is 6.13. The Morgan fingerprint density at radius 1 is 1.18 bits per heavy atom. The molecule has 1 fully saturated rings. The van der Waals surface area contributed by atoms with E-state index in [1.165, 1.54) is 37.7 Å². The summed E-state index contributed by atoms with van der Waals surface area (Å²) in [4.78, 5) is 0. The average Bonchev–Trinajstić information content (AvgIpc) is 2.90. The van der Waals surface area contributed by atoms with E-state index in [9.17, 15) is 0 Å². The van der Waals surface area contributed by atoms with E-state index in [2.05, 4.69) is 23.6 Å². The maximum Gasteiger partial charge on any atom is 0.140 e. The van der Waals surface area contributed by atoms with Crippen molar-refractivity contribution in [3.05, 3.63) is 22.4 Å². The first-order valence-electron chi connectivity index (χ1n) is 6.18. The van der Waals surface area contributed by atoms with Crippen LogP contribution < -0.4 is 0 Å². The zero-order valence-corrected chi connectivity index (χ0v) is 10.6. The van der Waals surface area contributed by atoms with Crippen LogP contribution in [0.2, 0.25) is 0 Å². The monoisotopic (exact) mass is 244 g/mol. The number of nitriles is 2. The highest BCUT2D eigenvalue weighted by Gasteiger charge is 2.32. The minimum absolute atomic E-state index is 0.122. The van der Waals surface area contributed by atoms with Crippen LogP contribution in [0.5, 0.6) is 0 Å². The predicted molar refractivity (Wildman–Crippen MR) is 68.4 cm³/mol. The maximum absolute atomic E-state index is 9.16. The summed E-state index contributed by atoms with van der Waals surface area (Å²) in [6, 6.07) is 6.44. The second-order valence-electron chi connectivity index (χ2n) is 4.72. The molecule has 0 spiro atoms. The summed E-state index contributed by atoms with van der Waals surface area (Å²) in [6.45, 7) is 0. The highest BCUT2D eigenvalue weighted by atomic mass is 32.1. The van der Waals surface area contributed by atoms with Crippen molar-refractivity contribution in [1.82, 2.24) is 0 Å². The standard InChI is InChI=1S/C14H16N2S/c15-8-13(9-16)14(12-6-7-17-10-12)11-4-2-1-3-5-11/h6-7,10-11,13-14H,1-5H2/t14-/m0/s1. The molecule has 0 aliphatic heterocycles. The lowest BCUT2D eigenvalue weighted by Gasteiger charge is -2.30. The summed E-state index contributed by atoms with van der Waals surface area (Å²) in [7, 11) is 0. The summed E-state index contributed by atoms with van der Waals surface area (Å²) in [5.41, 5.74) is 1.19. The molecule has 0 N–H and O–H groups in total. The van der Waals surface area contributed by atoms with Gasteiger partial charge in [0.15, 0.2) is 0 Å². The molecule has 0 saturated heterocycles. The Labute approximate surface area is 107 Å². The van der Waals surface area contributed by atoms with Crippen LogP contribution in [0.4, 0.5) is 0 Å². The van der Waals surface area contributed by atoms with Gasteiger partial charge in [0.05, 0.1) is 12.1 Å². The fourth-order valence-corrected chi connectivity index (χ4v) is 3.59. The Hall–Kier alpha value is -1.32. The number of rotatable bonds is 3. The molecule has 3 heteroatoms. The third-order valence-corrected chi connectivity index (χ3v) is 4.42. The first kappa shape index (κ1) is 12.1. The molecule has 2 nitrogen and oxygen atoms in total. The molecule has 0 radical (unpaired) electrons. The van der Waals surface area contributed by atoms with E-state index in [-0.39, 0.29) is 5.92 Å². The minimum Gasteiger partial charge on any atom is -0.197 e. The summed E-state index contributed by atoms with van der Waals surface area (Å²) in [5.74, 6) is 0.145. The Kier molecular flexibility index (Phi) is 4.18. The molecule has 1 aliphatic carbocycles. The van der Waals surface area contributed by atoms with Gasteiger partial charge in [-0.05, 0) is 41.1 Å². The van der Waals surface area contributed by atoms with Crippen molar-refractivity contribution >= 4 is 11.3 Å². The van der Waals surface area contributed by atoms with Gasteiger partial charge in [0.25, 0.3) is 0 Å². The van der Waals surface area contributed by atoms with Crippen LogP contribution in [0, 0.1) is 34.5 Å². The summed E-state index contributed by atoms with van der Waals surface area (Å²) >= 11 is 1.65. The van der Waals surface area contributed by atoms with Gasteiger partial charge in [0.2, 0.25) is 0 Å². The van der Waals surface area contributed by atoms with Gasteiger partial charge in [0, 0.05) is 5.92 Å². The predicted octanol–water partition coefficient (Wildman–Crippen LogP) is 4.08. The molecule has 17 heavy (non-hydrogen) atoms. The van der Waals surface area contributed by atoms with Crippen LogP contribution in [0.3, 0.4) is 0 Å². The van der Waals surface area contributed by atoms with Crippen molar-refractivity contribution in [2.24, 2.45) is 11.8 Å². The third-order valence-electron chi connectivity index (χ3n) is 3.72. The molecule has 1 atom stereocenters. The Balaban J connectivity index is 2.24. The Morgan fingerprint density at radius 3 is 2.41 bits per heavy atom. The molecular formula is C14H16N2S. The molecule has 1 heterocycles. The highest BCUT2D eigenvalue weighted by molar-refractivity contribution is 7.07. The van der Waals surface area contributed by atoms with Gasteiger partial charge in [-0.15, -0.1) is 0 Å². The van der Waals surface area contributed by atoms with Crippen LogP contribution in [0.15, 0.2) is 16.8 Å². The maximum atomic E-state index is 9.16. The molecule has 0 unspecified atom stereocenters. The first-order chi connectivity index (χ1) is 8.36. The van der Waals surface area contributed by atoms with Crippen LogP contribution >= 0.6 is 11.3 Å². The number of hydrogen-bond donors (Lipinski definition) is 0. The Morgan fingerprint density at radius 2 is 1.88 bits per heavy atom. The van der Waals surface area contributed by atoms with E-state index in [0.717, 1.165) is 0 Å². The topological polar surface area (TPSA) is 47.6 Å². The molecule has 0 aromatic carbocycles. The van der Waals surface area contributed by atoms with E-state index >= 15 is 0 Å². The van der Waals surface area contributed by atoms with Crippen LogP contribution in [0.25, 0.3) is 0 Å². The van der Waals surface area contributed by atoms with Crippen molar-refractivity contribution in [3.63, 3.8) is 0 Å². The van der Waals surface area contributed by atoms with Gasteiger partial charge in [-0.2, -0.15) is 21.9 Å². The molecule has 88 valence electrons. The number of hydrogen-bond acceptors (Lipinski definition) is 3. The van der Waals surface area contributed by atoms with Gasteiger partial charge in [-0.25, -0.2) is 0 Å². The number of thiophene rings is 1. The minimum atomic E-state index is -0.493. The normalized spacial score (nSPS) is 18.5.